The Morgan fingerprint density at radius 3 is 2.76 bits per heavy atom. The Balaban J connectivity index is 2.23. The summed E-state index contributed by atoms with van der Waals surface area (Å²) in [5, 5.41) is 1.68. The molecule has 4 heteroatoms. The highest BCUT2D eigenvalue weighted by Gasteiger charge is 2.09. The van der Waals surface area contributed by atoms with Crippen molar-refractivity contribution in [3.8, 4) is 10.6 Å². The average molecular weight is 325 g/mol. The molecule has 1 aromatic heterocycles. The van der Waals surface area contributed by atoms with Crippen LogP contribution in [-0.4, -0.2) is 4.98 Å². The highest BCUT2D eigenvalue weighted by atomic mass is 79.9. The standard InChI is InChI=1S/C13H7BrClNS/c14-8-5-6-10(15)9(7-8)13-16-11-3-1-2-4-12(11)17-13/h1-7H. The first-order chi connectivity index (χ1) is 8.24. The van der Waals surface area contributed by atoms with Crippen LogP contribution in [-0.2, 0) is 0 Å². The smallest absolute Gasteiger partial charge is 0.126 e. The van der Waals surface area contributed by atoms with E-state index in [1.165, 1.54) is 4.70 Å². The van der Waals surface area contributed by atoms with E-state index >= 15 is 0 Å². The molecule has 0 bridgehead atoms. The molecule has 0 N–H and O–H groups in total. The molecule has 0 radical (unpaired) electrons. The number of benzene rings is 2. The van der Waals surface area contributed by atoms with E-state index in [9.17, 15) is 0 Å². The number of fused-ring (bicyclic) bond motifs is 1. The van der Waals surface area contributed by atoms with Crippen molar-refractivity contribution in [2.24, 2.45) is 0 Å². The third kappa shape index (κ3) is 2.10. The fourth-order valence-electron chi connectivity index (χ4n) is 1.65. The minimum atomic E-state index is 0.729. The van der Waals surface area contributed by atoms with E-state index in [1.807, 2.05) is 36.4 Å². The van der Waals surface area contributed by atoms with Gasteiger partial charge in [-0.1, -0.05) is 39.7 Å². The summed E-state index contributed by atoms with van der Waals surface area (Å²) in [5.41, 5.74) is 1.99. The van der Waals surface area contributed by atoms with Gasteiger partial charge in [-0.15, -0.1) is 11.3 Å². The van der Waals surface area contributed by atoms with Gasteiger partial charge in [-0.25, -0.2) is 4.98 Å². The number of para-hydroxylation sites is 1. The number of halogens is 2. The van der Waals surface area contributed by atoms with Gasteiger partial charge in [0, 0.05) is 10.0 Å². The maximum Gasteiger partial charge on any atom is 0.126 e. The zero-order valence-electron chi connectivity index (χ0n) is 8.65. The quantitative estimate of drug-likeness (QED) is 0.585. The van der Waals surface area contributed by atoms with Crippen molar-refractivity contribution in [1.82, 2.24) is 4.98 Å². The molecular formula is C13H7BrClNS. The lowest BCUT2D eigenvalue weighted by Gasteiger charge is -2.00. The molecule has 0 aliphatic heterocycles. The second-order valence-corrected chi connectivity index (χ2v) is 5.96. The molecule has 0 fully saturated rings. The second-order valence-electron chi connectivity index (χ2n) is 3.61. The molecule has 0 saturated carbocycles. The van der Waals surface area contributed by atoms with Gasteiger partial charge >= 0.3 is 0 Å². The highest BCUT2D eigenvalue weighted by molar-refractivity contribution is 9.10. The van der Waals surface area contributed by atoms with Gasteiger partial charge in [0.25, 0.3) is 0 Å². The summed E-state index contributed by atoms with van der Waals surface area (Å²) in [6.45, 7) is 0. The Morgan fingerprint density at radius 2 is 1.94 bits per heavy atom. The average Bonchev–Trinajstić information content (AvgIpc) is 2.75. The number of rotatable bonds is 1. The summed E-state index contributed by atoms with van der Waals surface area (Å²) in [4.78, 5) is 4.60. The Morgan fingerprint density at radius 1 is 1.12 bits per heavy atom. The number of aromatic nitrogens is 1. The van der Waals surface area contributed by atoms with Crippen LogP contribution in [0.3, 0.4) is 0 Å². The van der Waals surface area contributed by atoms with E-state index in [2.05, 4.69) is 27.0 Å². The van der Waals surface area contributed by atoms with Gasteiger partial charge in [-0.3, -0.25) is 0 Å². The molecule has 0 atom stereocenters. The van der Waals surface area contributed by atoms with Crippen LogP contribution >= 0.6 is 38.9 Å². The third-order valence-electron chi connectivity index (χ3n) is 2.45. The molecule has 0 amide bonds. The van der Waals surface area contributed by atoms with Crippen LogP contribution in [0.5, 0.6) is 0 Å². The van der Waals surface area contributed by atoms with E-state index < -0.39 is 0 Å². The number of hydrogen-bond acceptors (Lipinski definition) is 2. The Labute approximate surface area is 116 Å². The van der Waals surface area contributed by atoms with Crippen LogP contribution in [0.15, 0.2) is 46.9 Å². The molecule has 0 aliphatic rings. The molecule has 1 nitrogen and oxygen atoms in total. The van der Waals surface area contributed by atoms with Crippen molar-refractivity contribution in [2.75, 3.05) is 0 Å². The van der Waals surface area contributed by atoms with Crippen molar-refractivity contribution in [2.45, 2.75) is 0 Å². The molecule has 3 aromatic rings. The van der Waals surface area contributed by atoms with Gasteiger partial charge in [-0.05, 0) is 30.3 Å². The fraction of sp³-hybridized carbons (Fsp3) is 0. The molecule has 0 spiro atoms. The van der Waals surface area contributed by atoms with Crippen LogP contribution < -0.4 is 0 Å². The minimum Gasteiger partial charge on any atom is -0.236 e. The molecule has 0 unspecified atom stereocenters. The molecule has 17 heavy (non-hydrogen) atoms. The van der Waals surface area contributed by atoms with Crippen LogP contribution in [0.25, 0.3) is 20.8 Å². The summed E-state index contributed by atoms with van der Waals surface area (Å²) in [6.07, 6.45) is 0. The maximum absolute atomic E-state index is 6.20. The number of hydrogen-bond donors (Lipinski definition) is 0. The van der Waals surface area contributed by atoms with Crippen LogP contribution in [0, 0.1) is 0 Å². The number of thiazole rings is 1. The summed E-state index contributed by atoms with van der Waals surface area (Å²) in [6, 6.07) is 13.9. The van der Waals surface area contributed by atoms with Crippen molar-refractivity contribution in [1.29, 1.82) is 0 Å². The maximum atomic E-state index is 6.20. The van der Waals surface area contributed by atoms with Gasteiger partial charge in [-0.2, -0.15) is 0 Å². The van der Waals surface area contributed by atoms with E-state index in [-0.39, 0.29) is 0 Å². The van der Waals surface area contributed by atoms with Crippen molar-refractivity contribution in [3.05, 3.63) is 52.0 Å². The highest BCUT2D eigenvalue weighted by Crippen LogP contribution is 2.35. The Bertz CT molecular complexity index is 660. The molecular weight excluding hydrogens is 318 g/mol. The Hall–Kier alpha value is -0.900. The molecule has 0 aliphatic carbocycles. The minimum absolute atomic E-state index is 0.729. The summed E-state index contributed by atoms with van der Waals surface area (Å²) >= 11 is 11.3. The lowest BCUT2D eigenvalue weighted by atomic mass is 10.2. The molecule has 0 saturated heterocycles. The van der Waals surface area contributed by atoms with Crippen LogP contribution in [0.2, 0.25) is 5.02 Å². The first-order valence-electron chi connectivity index (χ1n) is 5.05. The van der Waals surface area contributed by atoms with Crippen molar-refractivity contribution in [3.63, 3.8) is 0 Å². The predicted molar refractivity (Wildman–Crippen MR) is 77.8 cm³/mol. The lowest BCUT2D eigenvalue weighted by molar-refractivity contribution is 1.47. The van der Waals surface area contributed by atoms with Gasteiger partial charge in [0.15, 0.2) is 0 Å². The molecule has 1 heterocycles. The van der Waals surface area contributed by atoms with Gasteiger partial charge < -0.3 is 0 Å². The lowest BCUT2D eigenvalue weighted by Crippen LogP contribution is -1.78. The summed E-state index contributed by atoms with van der Waals surface area (Å²) < 4.78 is 2.19. The monoisotopic (exact) mass is 323 g/mol. The van der Waals surface area contributed by atoms with Gasteiger partial charge in [0.2, 0.25) is 0 Å². The summed E-state index contributed by atoms with van der Waals surface area (Å²) in [7, 11) is 0. The van der Waals surface area contributed by atoms with E-state index in [0.29, 0.717) is 0 Å². The normalized spacial score (nSPS) is 10.9. The van der Waals surface area contributed by atoms with Crippen LogP contribution in [0.1, 0.15) is 0 Å². The first kappa shape index (κ1) is 11.2. The van der Waals surface area contributed by atoms with Crippen molar-refractivity contribution >= 4 is 49.1 Å². The second kappa shape index (κ2) is 4.41. The fourth-order valence-corrected chi connectivity index (χ4v) is 3.27. The van der Waals surface area contributed by atoms with Crippen LogP contribution in [0.4, 0.5) is 0 Å². The summed E-state index contributed by atoms with van der Waals surface area (Å²) in [5.74, 6) is 0. The molecule has 84 valence electrons. The zero-order chi connectivity index (χ0) is 11.8. The molecule has 3 rings (SSSR count). The van der Waals surface area contributed by atoms with Gasteiger partial charge in [0.1, 0.15) is 5.01 Å². The van der Waals surface area contributed by atoms with E-state index in [1.54, 1.807) is 11.3 Å². The largest absolute Gasteiger partial charge is 0.236 e. The van der Waals surface area contributed by atoms with Crippen molar-refractivity contribution < 1.29 is 0 Å². The van der Waals surface area contributed by atoms with Gasteiger partial charge in [0.05, 0.1) is 15.2 Å². The SMILES string of the molecule is Clc1ccc(Br)cc1-c1nc2ccccc2s1. The predicted octanol–water partition coefficient (Wildman–Crippen LogP) is 5.38. The molecule has 2 aromatic carbocycles. The zero-order valence-corrected chi connectivity index (χ0v) is 11.8. The van der Waals surface area contributed by atoms with E-state index in [4.69, 9.17) is 11.6 Å². The third-order valence-corrected chi connectivity index (χ3v) is 4.35. The first-order valence-corrected chi connectivity index (χ1v) is 7.04. The number of nitrogens with zero attached hydrogens (tertiary/aromatic N) is 1. The Kier molecular flexibility index (Phi) is 2.90. The topological polar surface area (TPSA) is 12.9 Å². The van der Waals surface area contributed by atoms with E-state index in [0.717, 1.165) is 25.6 Å².